The predicted octanol–water partition coefficient (Wildman–Crippen LogP) is 7.35. The van der Waals surface area contributed by atoms with Crippen LogP contribution in [0.15, 0.2) is 84.9 Å². The largest absolute Gasteiger partial charge is 0.329 e. The van der Waals surface area contributed by atoms with Crippen molar-refractivity contribution in [1.82, 2.24) is 19.4 Å². The number of anilines is 2. The number of rotatable bonds is 9. The molecule has 7 rings (SSSR count). The summed E-state index contributed by atoms with van der Waals surface area (Å²) in [6.45, 7) is 9.02. The molecule has 45 heavy (non-hydrogen) atoms. The zero-order valence-corrected chi connectivity index (χ0v) is 26.7. The van der Waals surface area contributed by atoms with Crippen molar-refractivity contribution in [3.05, 3.63) is 113 Å². The number of nitrogens with zero attached hydrogens (tertiary/aromatic N) is 5. The fourth-order valence-electron chi connectivity index (χ4n) is 8.07. The average molecular weight is 603 g/mol. The molecule has 0 radical (unpaired) electrons. The summed E-state index contributed by atoms with van der Waals surface area (Å²) in [5.74, 6) is 1.19. The van der Waals surface area contributed by atoms with Crippen LogP contribution in [0.1, 0.15) is 66.5 Å². The van der Waals surface area contributed by atoms with E-state index >= 15 is 0 Å². The molecule has 3 aromatic carbocycles. The summed E-state index contributed by atoms with van der Waals surface area (Å²) in [5, 5.41) is 3.11. The number of carbonyl (C=O) groups excluding carboxylic acids is 1. The molecule has 2 amide bonds. The van der Waals surface area contributed by atoms with Crippen LogP contribution >= 0.6 is 0 Å². The molecule has 2 bridgehead atoms. The predicted molar refractivity (Wildman–Crippen MR) is 182 cm³/mol. The number of imidazole rings is 1. The van der Waals surface area contributed by atoms with E-state index in [4.69, 9.17) is 4.98 Å². The Hall–Kier alpha value is -3.94. The number of hydrogen-bond acceptors (Lipinski definition) is 4. The highest BCUT2D eigenvalue weighted by Crippen LogP contribution is 2.42. The number of fused-ring (bicyclic) bond motifs is 3. The molecule has 1 aromatic heterocycles. The Kier molecular flexibility index (Phi) is 8.72. The Morgan fingerprint density at radius 2 is 1.58 bits per heavy atom. The van der Waals surface area contributed by atoms with E-state index in [0.29, 0.717) is 24.7 Å². The third-order valence-corrected chi connectivity index (χ3v) is 10.2. The maximum atomic E-state index is 13.4. The minimum absolute atomic E-state index is 0.0746. The summed E-state index contributed by atoms with van der Waals surface area (Å²) < 4.78 is 2.63. The van der Waals surface area contributed by atoms with Crippen molar-refractivity contribution in [3.63, 3.8) is 0 Å². The minimum Gasteiger partial charge on any atom is -0.329 e. The maximum Gasteiger partial charge on any atom is 0.326 e. The molecule has 7 heteroatoms. The fourth-order valence-corrected chi connectivity index (χ4v) is 8.07. The van der Waals surface area contributed by atoms with Crippen molar-refractivity contribution in [3.8, 4) is 0 Å². The Morgan fingerprint density at radius 3 is 2.29 bits per heavy atom. The normalized spacial score (nSPS) is 21.4. The number of aryl methyl sites for hydroxylation is 2. The van der Waals surface area contributed by atoms with Crippen molar-refractivity contribution in [2.24, 2.45) is 0 Å². The van der Waals surface area contributed by atoms with Crippen LogP contribution in [0.5, 0.6) is 0 Å². The van der Waals surface area contributed by atoms with E-state index in [1.54, 1.807) is 0 Å². The van der Waals surface area contributed by atoms with Gasteiger partial charge in [0.25, 0.3) is 0 Å². The Bertz CT molecular complexity index is 1570. The molecular weight excluding hydrogens is 556 g/mol. The molecule has 0 aliphatic carbocycles. The molecule has 3 aliphatic rings. The first-order chi connectivity index (χ1) is 22.0. The first-order valence-electron chi connectivity index (χ1n) is 16.8. The van der Waals surface area contributed by atoms with Crippen LogP contribution in [0.25, 0.3) is 0 Å². The highest BCUT2D eigenvalue weighted by Gasteiger charge is 2.42. The van der Waals surface area contributed by atoms with Crippen LogP contribution in [0, 0.1) is 13.8 Å². The third kappa shape index (κ3) is 6.56. The van der Waals surface area contributed by atoms with Gasteiger partial charge in [0.1, 0.15) is 5.82 Å². The van der Waals surface area contributed by atoms with Gasteiger partial charge in [-0.2, -0.15) is 0 Å². The lowest BCUT2D eigenvalue weighted by Crippen LogP contribution is -2.45. The van der Waals surface area contributed by atoms with Gasteiger partial charge in [0.15, 0.2) is 0 Å². The Balaban J connectivity index is 0.977. The zero-order valence-electron chi connectivity index (χ0n) is 26.7. The van der Waals surface area contributed by atoms with Gasteiger partial charge in [-0.15, -0.1) is 0 Å². The summed E-state index contributed by atoms with van der Waals surface area (Å²) in [4.78, 5) is 25.8. The van der Waals surface area contributed by atoms with E-state index in [0.717, 1.165) is 50.4 Å². The molecule has 4 aromatic rings. The van der Waals surface area contributed by atoms with Crippen molar-refractivity contribution < 1.29 is 4.79 Å². The van der Waals surface area contributed by atoms with Crippen LogP contribution in [-0.2, 0) is 19.5 Å². The van der Waals surface area contributed by atoms with E-state index in [2.05, 4.69) is 63.9 Å². The number of para-hydroxylation sites is 1. The second-order valence-corrected chi connectivity index (χ2v) is 13.3. The molecule has 0 spiro atoms. The van der Waals surface area contributed by atoms with E-state index in [-0.39, 0.29) is 6.03 Å². The highest BCUT2D eigenvalue weighted by molar-refractivity contribution is 6.01. The standard InChI is InChI=1S/C38H46N6O/c1-28-14-16-31(17-15-28)40-38(45)43(32-12-7-4-8-13-32)22-9-21-42-33-18-19-34(42)25-35(24-33)44-29(2)39-36-27-41(23-20-37(36)44)26-30-10-5-3-6-11-30/h3-8,10-17,33-35H,9,18-27H2,1-2H3,(H,40,45)/t33-,34+,35?. The second-order valence-electron chi connectivity index (χ2n) is 13.3. The molecule has 1 N–H and O–H groups in total. The topological polar surface area (TPSA) is 56.6 Å². The molecule has 234 valence electrons. The van der Waals surface area contributed by atoms with Gasteiger partial charge >= 0.3 is 6.03 Å². The van der Waals surface area contributed by atoms with Gasteiger partial charge in [0, 0.05) is 74.3 Å². The lowest BCUT2D eigenvalue weighted by Gasteiger charge is -2.41. The molecule has 7 nitrogen and oxygen atoms in total. The molecule has 3 atom stereocenters. The number of aromatic nitrogens is 2. The van der Waals surface area contributed by atoms with Gasteiger partial charge in [-0.3, -0.25) is 14.7 Å². The summed E-state index contributed by atoms with van der Waals surface area (Å²) in [7, 11) is 0. The molecule has 2 fully saturated rings. The van der Waals surface area contributed by atoms with Gasteiger partial charge in [-0.1, -0.05) is 66.2 Å². The number of carbonyl (C=O) groups is 1. The zero-order chi connectivity index (χ0) is 30.8. The van der Waals surface area contributed by atoms with Gasteiger partial charge in [0.2, 0.25) is 0 Å². The number of hydrogen-bond donors (Lipinski definition) is 1. The molecule has 4 heterocycles. The van der Waals surface area contributed by atoms with E-state index in [1.165, 1.54) is 54.0 Å². The minimum atomic E-state index is -0.0746. The Morgan fingerprint density at radius 1 is 0.889 bits per heavy atom. The van der Waals surface area contributed by atoms with Crippen molar-refractivity contribution in [2.45, 2.75) is 83.6 Å². The number of amides is 2. The number of nitrogens with one attached hydrogen (secondary N) is 1. The summed E-state index contributed by atoms with van der Waals surface area (Å²) in [6.07, 6.45) is 6.98. The number of piperidine rings is 1. The molecule has 1 unspecified atom stereocenters. The number of urea groups is 1. The monoisotopic (exact) mass is 602 g/mol. The van der Waals surface area contributed by atoms with Crippen LogP contribution in [0.3, 0.4) is 0 Å². The average Bonchev–Trinajstić information content (AvgIpc) is 3.50. The van der Waals surface area contributed by atoms with E-state index in [9.17, 15) is 4.79 Å². The summed E-state index contributed by atoms with van der Waals surface area (Å²) in [6, 6.07) is 30.5. The lowest BCUT2D eigenvalue weighted by atomic mass is 9.95. The summed E-state index contributed by atoms with van der Waals surface area (Å²) >= 11 is 0. The molecular formula is C38H46N6O. The van der Waals surface area contributed by atoms with Crippen molar-refractivity contribution in [1.29, 1.82) is 0 Å². The van der Waals surface area contributed by atoms with E-state index < -0.39 is 0 Å². The van der Waals surface area contributed by atoms with E-state index in [1.807, 2.05) is 59.5 Å². The van der Waals surface area contributed by atoms with Gasteiger partial charge in [-0.25, -0.2) is 9.78 Å². The maximum absolute atomic E-state index is 13.4. The van der Waals surface area contributed by atoms with Crippen LogP contribution in [0.2, 0.25) is 0 Å². The third-order valence-electron chi connectivity index (χ3n) is 10.2. The van der Waals surface area contributed by atoms with Crippen LogP contribution in [-0.4, -0.2) is 57.1 Å². The SMILES string of the molecule is Cc1ccc(NC(=O)N(CCCN2[C@@H]3CC[C@H]2CC(n2c(C)nc4c2CCN(Cc2ccccc2)C4)C3)c2ccccc2)cc1. The van der Waals surface area contributed by atoms with Crippen molar-refractivity contribution >= 4 is 17.4 Å². The fraction of sp³-hybridized carbons (Fsp3) is 0.421. The highest BCUT2D eigenvalue weighted by atomic mass is 16.2. The number of benzene rings is 3. The molecule has 2 saturated heterocycles. The quantitative estimate of drug-likeness (QED) is 0.218. The molecule has 3 aliphatic heterocycles. The van der Waals surface area contributed by atoms with Crippen LogP contribution in [0.4, 0.5) is 16.2 Å². The molecule has 0 saturated carbocycles. The lowest BCUT2D eigenvalue weighted by molar-refractivity contribution is 0.104. The first kappa shape index (κ1) is 29.8. The van der Waals surface area contributed by atoms with Gasteiger partial charge in [0.05, 0.1) is 5.69 Å². The van der Waals surface area contributed by atoms with Crippen LogP contribution < -0.4 is 10.2 Å². The first-order valence-corrected chi connectivity index (χ1v) is 16.8. The second kappa shape index (κ2) is 13.2. The van der Waals surface area contributed by atoms with Crippen molar-refractivity contribution in [2.75, 3.05) is 29.9 Å². The Labute approximate surface area is 267 Å². The smallest absolute Gasteiger partial charge is 0.326 e. The van der Waals surface area contributed by atoms with Gasteiger partial charge < -0.3 is 9.88 Å². The summed E-state index contributed by atoms with van der Waals surface area (Å²) in [5.41, 5.74) is 7.08. The van der Waals surface area contributed by atoms with Gasteiger partial charge in [-0.05, 0) is 75.8 Å².